The highest BCUT2D eigenvalue weighted by atomic mass is 16.4. The summed E-state index contributed by atoms with van der Waals surface area (Å²) < 4.78 is 0. The number of aliphatic carboxylic acids is 1. The van der Waals surface area contributed by atoms with Crippen LogP contribution in [0.4, 0.5) is 0 Å². The lowest BCUT2D eigenvalue weighted by molar-refractivity contribution is -0.140. The summed E-state index contributed by atoms with van der Waals surface area (Å²) in [7, 11) is 1.70. The SMILES string of the molecule is CCCc1ccc(CN(C)C(=O)CCC(=O)O)cc1. The maximum Gasteiger partial charge on any atom is 0.303 e. The Morgan fingerprint density at radius 2 is 1.68 bits per heavy atom. The molecule has 0 bridgehead atoms. The van der Waals surface area contributed by atoms with Crippen molar-refractivity contribution in [3.63, 3.8) is 0 Å². The van der Waals surface area contributed by atoms with E-state index in [1.807, 2.05) is 12.1 Å². The number of hydrogen-bond acceptors (Lipinski definition) is 2. The zero-order valence-electron chi connectivity index (χ0n) is 11.6. The van der Waals surface area contributed by atoms with Gasteiger partial charge in [-0.1, -0.05) is 37.6 Å². The molecule has 1 aromatic rings. The van der Waals surface area contributed by atoms with Crippen molar-refractivity contribution in [2.45, 2.75) is 39.2 Å². The second-order valence-electron chi connectivity index (χ2n) is 4.71. The van der Waals surface area contributed by atoms with Crippen LogP contribution in [0.5, 0.6) is 0 Å². The maximum absolute atomic E-state index is 11.7. The maximum atomic E-state index is 11.7. The number of amides is 1. The number of aryl methyl sites for hydroxylation is 1. The molecule has 1 amide bonds. The second kappa shape index (κ2) is 7.56. The number of benzene rings is 1. The molecule has 0 unspecified atom stereocenters. The van der Waals surface area contributed by atoms with Crippen molar-refractivity contribution in [2.75, 3.05) is 7.05 Å². The van der Waals surface area contributed by atoms with E-state index in [4.69, 9.17) is 5.11 Å². The fraction of sp³-hybridized carbons (Fsp3) is 0.467. The van der Waals surface area contributed by atoms with Gasteiger partial charge >= 0.3 is 5.97 Å². The van der Waals surface area contributed by atoms with E-state index < -0.39 is 5.97 Å². The van der Waals surface area contributed by atoms with Gasteiger partial charge in [-0.2, -0.15) is 0 Å². The monoisotopic (exact) mass is 263 g/mol. The Bertz CT molecular complexity index is 426. The standard InChI is InChI=1S/C15H21NO3/c1-3-4-12-5-7-13(8-6-12)11-16(2)14(17)9-10-15(18)19/h5-8H,3-4,9-11H2,1-2H3,(H,18,19). The van der Waals surface area contributed by atoms with Crippen LogP contribution in [0.1, 0.15) is 37.3 Å². The molecule has 0 aliphatic rings. The molecule has 0 saturated heterocycles. The summed E-state index contributed by atoms with van der Waals surface area (Å²) in [6, 6.07) is 8.20. The molecule has 1 N–H and O–H groups in total. The molecule has 0 radical (unpaired) electrons. The number of carbonyl (C=O) groups is 2. The summed E-state index contributed by atoms with van der Waals surface area (Å²) >= 11 is 0. The van der Waals surface area contributed by atoms with Gasteiger partial charge in [0.15, 0.2) is 0 Å². The number of carboxylic acids is 1. The molecule has 0 heterocycles. The second-order valence-corrected chi connectivity index (χ2v) is 4.71. The van der Waals surface area contributed by atoms with Gasteiger partial charge < -0.3 is 10.0 Å². The van der Waals surface area contributed by atoms with Crippen LogP contribution in [0.3, 0.4) is 0 Å². The van der Waals surface area contributed by atoms with Crippen LogP contribution in [0.25, 0.3) is 0 Å². The van der Waals surface area contributed by atoms with Crippen LogP contribution in [0.15, 0.2) is 24.3 Å². The summed E-state index contributed by atoms with van der Waals surface area (Å²) in [5.41, 5.74) is 2.36. The highest BCUT2D eigenvalue weighted by Gasteiger charge is 2.11. The molecule has 4 heteroatoms. The minimum atomic E-state index is -0.939. The average Bonchev–Trinajstić information content (AvgIpc) is 2.38. The van der Waals surface area contributed by atoms with E-state index in [-0.39, 0.29) is 18.7 Å². The predicted octanol–water partition coefficient (Wildman–Crippen LogP) is 2.46. The molecule has 0 saturated carbocycles. The summed E-state index contributed by atoms with van der Waals surface area (Å²) in [6.45, 7) is 2.66. The van der Waals surface area contributed by atoms with Gasteiger partial charge in [0.05, 0.1) is 6.42 Å². The van der Waals surface area contributed by atoms with E-state index in [2.05, 4.69) is 19.1 Å². The predicted molar refractivity (Wildman–Crippen MR) is 73.8 cm³/mol. The van der Waals surface area contributed by atoms with Crippen LogP contribution in [0.2, 0.25) is 0 Å². The highest BCUT2D eigenvalue weighted by molar-refractivity contribution is 5.80. The molecule has 19 heavy (non-hydrogen) atoms. The smallest absolute Gasteiger partial charge is 0.303 e. The van der Waals surface area contributed by atoms with Gasteiger partial charge in [0, 0.05) is 20.0 Å². The van der Waals surface area contributed by atoms with E-state index in [0.29, 0.717) is 6.54 Å². The van der Waals surface area contributed by atoms with Crippen molar-refractivity contribution < 1.29 is 14.7 Å². The third-order valence-corrected chi connectivity index (χ3v) is 2.96. The van der Waals surface area contributed by atoms with E-state index in [1.54, 1.807) is 11.9 Å². The Morgan fingerprint density at radius 1 is 1.11 bits per heavy atom. The first-order chi connectivity index (χ1) is 9.02. The Labute approximate surface area is 114 Å². The summed E-state index contributed by atoms with van der Waals surface area (Å²) in [6.07, 6.45) is 2.12. The molecule has 0 aliphatic carbocycles. The first-order valence-corrected chi connectivity index (χ1v) is 6.56. The molecule has 0 aliphatic heterocycles. The fourth-order valence-corrected chi connectivity index (χ4v) is 1.87. The number of carboxylic acid groups (broad SMARTS) is 1. The number of nitrogens with zero attached hydrogens (tertiary/aromatic N) is 1. The lowest BCUT2D eigenvalue weighted by Crippen LogP contribution is -2.26. The van der Waals surface area contributed by atoms with Crippen LogP contribution in [-0.2, 0) is 22.6 Å². The van der Waals surface area contributed by atoms with Crippen molar-refractivity contribution in [3.8, 4) is 0 Å². The van der Waals surface area contributed by atoms with E-state index in [0.717, 1.165) is 18.4 Å². The van der Waals surface area contributed by atoms with Crippen molar-refractivity contribution >= 4 is 11.9 Å². The van der Waals surface area contributed by atoms with Crippen LogP contribution in [0, 0.1) is 0 Å². The highest BCUT2D eigenvalue weighted by Crippen LogP contribution is 2.09. The van der Waals surface area contributed by atoms with E-state index in [9.17, 15) is 9.59 Å². The number of carbonyl (C=O) groups excluding carboxylic acids is 1. The van der Waals surface area contributed by atoms with E-state index in [1.165, 1.54) is 5.56 Å². The third-order valence-electron chi connectivity index (χ3n) is 2.96. The van der Waals surface area contributed by atoms with Crippen molar-refractivity contribution in [2.24, 2.45) is 0 Å². The minimum Gasteiger partial charge on any atom is -0.481 e. The van der Waals surface area contributed by atoms with Gasteiger partial charge in [-0.3, -0.25) is 9.59 Å². The summed E-state index contributed by atoms with van der Waals surface area (Å²) in [4.78, 5) is 23.7. The molecule has 0 fully saturated rings. The first-order valence-electron chi connectivity index (χ1n) is 6.56. The van der Waals surface area contributed by atoms with Crippen molar-refractivity contribution in [3.05, 3.63) is 35.4 Å². The summed E-state index contributed by atoms with van der Waals surface area (Å²) in [5, 5.41) is 8.54. The van der Waals surface area contributed by atoms with Gasteiger partial charge in [-0.05, 0) is 17.5 Å². The average molecular weight is 263 g/mol. The molecule has 104 valence electrons. The lowest BCUT2D eigenvalue weighted by Gasteiger charge is -2.17. The van der Waals surface area contributed by atoms with Crippen molar-refractivity contribution in [1.82, 2.24) is 4.90 Å². The first kappa shape index (κ1) is 15.2. The van der Waals surface area contributed by atoms with Gasteiger partial charge in [-0.25, -0.2) is 0 Å². The number of hydrogen-bond donors (Lipinski definition) is 1. The largest absolute Gasteiger partial charge is 0.481 e. The minimum absolute atomic E-state index is 0.0553. The van der Waals surface area contributed by atoms with Crippen molar-refractivity contribution in [1.29, 1.82) is 0 Å². The molecule has 0 spiro atoms. The zero-order chi connectivity index (χ0) is 14.3. The third kappa shape index (κ3) is 5.55. The fourth-order valence-electron chi connectivity index (χ4n) is 1.87. The Morgan fingerprint density at radius 3 is 2.21 bits per heavy atom. The Balaban J connectivity index is 2.49. The molecular formula is C15H21NO3. The van der Waals surface area contributed by atoms with Gasteiger partial charge in [0.1, 0.15) is 0 Å². The molecule has 4 nitrogen and oxygen atoms in total. The van der Waals surface area contributed by atoms with E-state index >= 15 is 0 Å². The molecule has 0 aromatic heterocycles. The normalized spacial score (nSPS) is 10.2. The zero-order valence-corrected chi connectivity index (χ0v) is 11.6. The molecular weight excluding hydrogens is 242 g/mol. The van der Waals surface area contributed by atoms with Gasteiger partial charge in [-0.15, -0.1) is 0 Å². The van der Waals surface area contributed by atoms with Crippen LogP contribution in [-0.4, -0.2) is 28.9 Å². The number of rotatable bonds is 7. The Hall–Kier alpha value is -1.84. The molecule has 1 rings (SSSR count). The topological polar surface area (TPSA) is 57.6 Å². The van der Waals surface area contributed by atoms with Gasteiger partial charge in [0.25, 0.3) is 0 Å². The summed E-state index contributed by atoms with van der Waals surface area (Å²) in [5.74, 6) is -1.08. The lowest BCUT2D eigenvalue weighted by atomic mass is 10.1. The Kier molecular flexibility index (Phi) is 6.06. The van der Waals surface area contributed by atoms with Crippen LogP contribution >= 0.6 is 0 Å². The van der Waals surface area contributed by atoms with Crippen LogP contribution < -0.4 is 0 Å². The van der Waals surface area contributed by atoms with Gasteiger partial charge in [0.2, 0.25) is 5.91 Å². The molecule has 0 atom stereocenters. The quantitative estimate of drug-likeness (QED) is 0.822. The molecule has 1 aromatic carbocycles.